The van der Waals surface area contributed by atoms with Crippen LogP contribution in [0.4, 0.5) is 23.7 Å². The van der Waals surface area contributed by atoms with Gasteiger partial charge in [0.15, 0.2) is 6.10 Å². The highest BCUT2D eigenvalue weighted by Crippen LogP contribution is 2.33. The number of aliphatic hydroxyl groups excluding tert-OH is 1. The van der Waals surface area contributed by atoms with Crippen LogP contribution < -0.4 is 10.2 Å². The third-order valence-corrected chi connectivity index (χ3v) is 5.30. The summed E-state index contributed by atoms with van der Waals surface area (Å²) in [4.78, 5) is 29.2. The highest BCUT2D eigenvalue weighted by molar-refractivity contribution is 6.01. The van der Waals surface area contributed by atoms with E-state index in [0.717, 1.165) is 23.1 Å². The van der Waals surface area contributed by atoms with Crippen molar-refractivity contribution < 1.29 is 37.4 Å². The summed E-state index contributed by atoms with van der Waals surface area (Å²) < 4.78 is 49.6. The number of aliphatic hydroxyl groups is 1. The van der Waals surface area contributed by atoms with E-state index in [0.29, 0.717) is 0 Å². The Morgan fingerprint density at radius 1 is 1.18 bits per heavy atom. The minimum atomic E-state index is -0.989. The smallest absolute Gasteiger partial charge is 0.414 e. The van der Waals surface area contributed by atoms with E-state index in [9.17, 15) is 22.8 Å². The van der Waals surface area contributed by atoms with Gasteiger partial charge in [-0.05, 0) is 29.8 Å². The Balaban J connectivity index is 1.56. The van der Waals surface area contributed by atoms with Crippen molar-refractivity contribution >= 4 is 23.4 Å². The molecule has 0 bridgehead atoms. The second-order valence-electron chi connectivity index (χ2n) is 7.68. The first-order chi connectivity index (χ1) is 15.8. The maximum Gasteiger partial charge on any atom is 0.414 e. The second-order valence-corrected chi connectivity index (χ2v) is 7.68. The average molecular weight is 463 g/mol. The molecule has 0 radical (unpaired) electrons. The Bertz CT molecular complexity index is 1120. The topological polar surface area (TPSA) is 100 Å². The number of carbonyl (C=O) groups is 2. The number of benzene rings is 2. The van der Waals surface area contributed by atoms with Crippen molar-refractivity contribution in [1.29, 1.82) is 0 Å². The Kier molecular flexibility index (Phi) is 6.23. The van der Waals surface area contributed by atoms with Gasteiger partial charge in [0, 0.05) is 18.9 Å². The molecular formula is C22H20F3N3O5. The van der Waals surface area contributed by atoms with Crippen molar-refractivity contribution in [3.05, 3.63) is 53.3 Å². The van der Waals surface area contributed by atoms with Gasteiger partial charge in [-0.1, -0.05) is 11.2 Å². The van der Waals surface area contributed by atoms with Crippen LogP contribution in [-0.2, 0) is 14.4 Å². The summed E-state index contributed by atoms with van der Waals surface area (Å²) in [7, 11) is 0. The number of nitrogens with zero attached hydrogens (tertiary/aromatic N) is 2. The normalized spacial score (nSPS) is 19.8. The number of cyclic esters (lactones) is 1. The second kappa shape index (κ2) is 9.10. The van der Waals surface area contributed by atoms with Crippen LogP contribution in [0.5, 0.6) is 0 Å². The summed E-state index contributed by atoms with van der Waals surface area (Å²) in [6.07, 6.45) is -1.81. The lowest BCUT2D eigenvalue weighted by Crippen LogP contribution is -2.33. The van der Waals surface area contributed by atoms with Gasteiger partial charge >= 0.3 is 6.09 Å². The highest BCUT2D eigenvalue weighted by Gasteiger charge is 2.33. The largest absolute Gasteiger partial charge is 0.442 e. The minimum Gasteiger partial charge on any atom is -0.442 e. The van der Waals surface area contributed by atoms with Gasteiger partial charge < -0.3 is 20.0 Å². The van der Waals surface area contributed by atoms with Crippen molar-refractivity contribution in [3.8, 4) is 11.1 Å². The molecule has 33 heavy (non-hydrogen) atoms. The van der Waals surface area contributed by atoms with Gasteiger partial charge in [-0.2, -0.15) is 0 Å². The van der Waals surface area contributed by atoms with Crippen LogP contribution in [0.15, 0.2) is 35.5 Å². The van der Waals surface area contributed by atoms with E-state index in [1.54, 1.807) is 0 Å². The molecule has 0 saturated carbocycles. The Morgan fingerprint density at radius 2 is 1.91 bits per heavy atom. The van der Waals surface area contributed by atoms with Crippen LogP contribution in [0.25, 0.3) is 11.1 Å². The van der Waals surface area contributed by atoms with Crippen molar-refractivity contribution in [2.24, 2.45) is 5.16 Å². The Morgan fingerprint density at radius 3 is 2.52 bits per heavy atom. The highest BCUT2D eigenvalue weighted by atomic mass is 19.1. The standard InChI is InChI=1S/C22H20F3N3O5/c1-11(30)26-8-15-9-28(22(31)32-15)13-5-18(24)21(19(25)6-13)12-2-3-16(17(23)4-12)20-7-14(10-29)33-27-20/h2-6,14-15,29H,7-10H2,1H3,(H,26,30)/t14?,15-/m0/s1. The van der Waals surface area contributed by atoms with Crippen LogP contribution in [0.2, 0.25) is 0 Å². The van der Waals surface area contributed by atoms with Crippen molar-refractivity contribution in [2.45, 2.75) is 25.6 Å². The SMILES string of the molecule is CC(=O)NC[C@H]1CN(c2cc(F)c(-c3ccc(C4=NOC(CO)C4)c(F)c3)c(F)c2)C(=O)O1. The van der Waals surface area contributed by atoms with Gasteiger partial charge in [0.2, 0.25) is 5.91 Å². The van der Waals surface area contributed by atoms with Crippen LogP contribution in [0, 0.1) is 17.5 Å². The van der Waals surface area contributed by atoms with E-state index >= 15 is 0 Å². The molecule has 0 aromatic heterocycles. The van der Waals surface area contributed by atoms with Crippen molar-refractivity contribution in [2.75, 3.05) is 24.6 Å². The van der Waals surface area contributed by atoms with Gasteiger partial charge in [-0.25, -0.2) is 18.0 Å². The number of oxime groups is 1. The van der Waals surface area contributed by atoms with Gasteiger partial charge in [-0.3, -0.25) is 9.69 Å². The molecule has 2 aliphatic heterocycles. The molecule has 2 N–H and O–H groups in total. The average Bonchev–Trinajstić information content (AvgIpc) is 3.38. The molecule has 2 aromatic carbocycles. The molecule has 2 amide bonds. The fraction of sp³-hybridized carbons (Fsp3) is 0.318. The first-order valence-electron chi connectivity index (χ1n) is 10.1. The molecule has 2 aromatic rings. The van der Waals surface area contributed by atoms with Crippen LogP contribution in [0.3, 0.4) is 0 Å². The van der Waals surface area contributed by atoms with E-state index in [1.165, 1.54) is 19.1 Å². The number of carbonyl (C=O) groups excluding carboxylic acids is 2. The minimum absolute atomic E-state index is 0.000316. The summed E-state index contributed by atoms with van der Waals surface area (Å²) in [6, 6.07) is 5.60. The lowest BCUT2D eigenvalue weighted by Gasteiger charge is -2.16. The molecule has 1 unspecified atom stereocenters. The fourth-order valence-corrected chi connectivity index (χ4v) is 3.68. The third-order valence-electron chi connectivity index (χ3n) is 5.30. The Labute approximate surface area is 186 Å². The zero-order valence-corrected chi connectivity index (χ0v) is 17.5. The number of rotatable bonds is 6. The molecule has 4 rings (SSSR count). The summed E-state index contributed by atoms with van der Waals surface area (Å²) in [5.74, 6) is -3.03. The van der Waals surface area contributed by atoms with E-state index in [2.05, 4.69) is 10.5 Å². The summed E-state index contributed by atoms with van der Waals surface area (Å²) >= 11 is 0. The maximum atomic E-state index is 14.9. The Hall–Kier alpha value is -3.60. The van der Waals surface area contributed by atoms with Crippen LogP contribution >= 0.6 is 0 Å². The molecular weight excluding hydrogens is 443 g/mol. The van der Waals surface area contributed by atoms with Crippen molar-refractivity contribution in [1.82, 2.24) is 5.32 Å². The number of hydrogen-bond acceptors (Lipinski definition) is 6. The lowest BCUT2D eigenvalue weighted by molar-refractivity contribution is -0.119. The summed E-state index contributed by atoms with van der Waals surface area (Å²) in [5.41, 5.74) is -0.158. The van der Waals surface area contributed by atoms with E-state index in [-0.39, 0.29) is 54.6 Å². The quantitative estimate of drug-likeness (QED) is 0.686. The zero-order valence-electron chi connectivity index (χ0n) is 17.5. The van der Waals surface area contributed by atoms with Crippen LogP contribution in [-0.4, -0.2) is 54.7 Å². The van der Waals surface area contributed by atoms with Crippen LogP contribution in [0.1, 0.15) is 18.9 Å². The zero-order chi connectivity index (χ0) is 23.7. The molecule has 174 valence electrons. The first-order valence-corrected chi connectivity index (χ1v) is 10.1. The fourth-order valence-electron chi connectivity index (χ4n) is 3.68. The molecule has 8 nitrogen and oxygen atoms in total. The van der Waals surface area contributed by atoms with Gasteiger partial charge in [0.25, 0.3) is 0 Å². The number of amides is 2. The molecule has 2 heterocycles. The molecule has 1 fully saturated rings. The molecule has 11 heteroatoms. The molecule has 0 spiro atoms. The third kappa shape index (κ3) is 4.63. The molecule has 0 aliphatic carbocycles. The number of halogens is 3. The summed E-state index contributed by atoms with van der Waals surface area (Å²) in [6.45, 7) is 1.11. The first kappa shape index (κ1) is 22.6. The van der Waals surface area contributed by atoms with E-state index in [4.69, 9.17) is 14.7 Å². The monoisotopic (exact) mass is 463 g/mol. The van der Waals surface area contributed by atoms with Crippen molar-refractivity contribution in [3.63, 3.8) is 0 Å². The maximum absolute atomic E-state index is 14.9. The van der Waals surface area contributed by atoms with Gasteiger partial charge in [0.05, 0.1) is 36.7 Å². The molecule has 1 saturated heterocycles. The van der Waals surface area contributed by atoms with E-state index in [1.807, 2.05) is 0 Å². The molecule has 2 aliphatic rings. The molecule has 2 atom stereocenters. The van der Waals surface area contributed by atoms with E-state index < -0.39 is 41.3 Å². The predicted octanol–water partition coefficient (Wildman–Crippen LogP) is 2.72. The van der Waals surface area contributed by atoms with Gasteiger partial charge in [0.1, 0.15) is 23.6 Å². The number of hydrogen-bond donors (Lipinski definition) is 2. The lowest BCUT2D eigenvalue weighted by atomic mass is 9.98. The number of nitrogens with one attached hydrogen (secondary N) is 1. The summed E-state index contributed by atoms with van der Waals surface area (Å²) in [5, 5.41) is 15.4. The number of ether oxygens (including phenoxy) is 1. The van der Waals surface area contributed by atoms with Gasteiger partial charge in [-0.15, -0.1) is 0 Å². The number of anilines is 1. The predicted molar refractivity (Wildman–Crippen MR) is 111 cm³/mol.